The van der Waals surface area contributed by atoms with Crippen molar-refractivity contribution in [1.82, 2.24) is 24.5 Å². The minimum atomic E-state index is 0.365. The fourth-order valence-corrected chi connectivity index (χ4v) is 15.8. The molecule has 0 saturated carbocycles. The van der Waals surface area contributed by atoms with E-state index < -0.39 is 0 Å². The Morgan fingerprint density at radius 3 is 1.21 bits per heavy atom. The lowest BCUT2D eigenvalue weighted by atomic mass is 9.93. The molecular weight excluding hydrogens is 1300 g/mol. The van der Waals surface area contributed by atoms with Gasteiger partial charge in [-0.05, 0) is 180 Å². The van der Waals surface area contributed by atoms with Crippen LogP contribution in [0.5, 0.6) is 0 Å². The maximum Gasteiger partial charge on any atom is 0.165 e. The highest BCUT2D eigenvalue weighted by atomic mass is 35.5. The lowest BCUT2D eigenvalue weighted by molar-refractivity contribution is 0.668. The molecule has 0 unspecified atom stereocenters. The monoisotopic (exact) mass is 1360 g/mol. The zero-order valence-electron chi connectivity index (χ0n) is 56.6. The SMILES string of the molecule is Clc1nc2cc(-c3ccccc3)c(-c3ccccc3)cc2nc1-c1ccc2c(c1)oc1ccccc12.c1ccc(-c2cc3nc(-c4ccc5c(c4)oc4ccccc45)c(-n4c5ccccc5c5cc6ccccc6cc54)nc3cc2-c2ccccc2)cc1.c1ccc2c(c1)Cc1cc3ccccc3cc1-2. The van der Waals surface area contributed by atoms with E-state index in [-0.39, 0.29) is 0 Å². The summed E-state index contributed by atoms with van der Waals surface area (Å²) in [5.41, 5.74) is 26.6. The van der Waals surface area contributed by atoms with Crippen molar-refractivity contribution in [3.8, 4) is 84.0 Å². The summed E-state index contributed by atoms with van der Waals surface area (Å²) < 4.78 is 14.8. The molecule has 0 fully saturated rings. The van der Waals surface area contributed by atoms with Crippen molar-refractivity contribution in [1.29, 1.82) is 0 Å². The first kappa shape index (κ1) is 61.3. The third-order valence-electron chi connectivity index (χ3n) is 20.6. The van der Waals surface area contributed by atoms with E-state index in [1.807, 2.05) is 66.7 Å². The molecular formula is C97H60ClN5O2. The van der Waals surface area contributed by atoms with E-state index in [1.54, 1.807) is 0 Å². The Bertz CT molecular complexity index is 7010. The van der Waals surface area contributed by atoms with Crippen LogP contribution >= 0.6 is 11.6 Å². The van der Waals surface area contributed by atoms with Gasteiger partial charge >= 0.3 is 0 Å². The van der Waals surface area contributed by atoms with Crippen LogP contribution in [0, 0.1) is 0 Å². The molecule has 1 aliphatic carbocycles. The minimum absolute atomic E-state index is 0.365. The van der Waals surface area contributed by atoms with Crippen LogP contribution in [0.4, 0.5) is 0 Å². The highest BCUT2D eigenvalue weighted by Gasteiger charge is 2.24. The summed E-state index contributed by atoms with van der Waals surface area (Å²) in [6, 6.07) is 123. The predicted octanol–water partition coefficient (Wildman–Crippen LogP) is 26.4. The summed E-state index contributed by atoms with van der Waals surface area (Å²) in [6.45, 7) is 0. The summed E-state index contributed by atoms with van der Waals surface area (Å²) in [4.78, 5) is 20.9. The van der Waals surface area contributed by atoms with Gasteiger partial charge in [0.15, 0.2) is 11.0 Å². The number of fused-ring (bicyclic) bond motifs is 16. The number of aromatic nitrogens is 5. The van der Waals surface area contributed by atoms with Crippen LogP contribution in [-0.4, -0.2) is 24.5 Å². The average molecular weight is 1360 g/mol. The van der Waals surface area contributed by atoms with E-state index in [0.29, 0.717) is 10.8 Å². The van der Waals surface area contributed by atoms with Gasteiger partial charge in [0, 0.05) is 43.4 Å². The Labute approximate surface area is 608 Å². The number of benzene rings is 16. The molecule has 0 amide bonds. The molecule has 0 spiro atoms. The highest BCUT2D eigenvalue weighted by molar-refractivity contribution is 6.32. The van der Waals surface area contributed by atoms with Gasteiger partial charge in [-0.25, -0.2) is 19.9 Å². The number of furan rings is 2. The van der Waals surface area contributed by atoms with Crippen molar-refractivity contribution in [2.75, 3.05) is 0 Å². The molecule has 0 saturated heterocycles. The minimum Gasteiger partial charge on any atom is -0.456 e. The fourth-order valence-electron chi connectivity index (χ4n) is 15.6. The van der Waals surface area contributed by atoms with Crippen molar-refractivity contribution in [2.45, 2.75) is 6.42 Å². The molecule has 492 valence electrons. The summed E-state index contributed by atoms with van der Waals surface area (Å²) in [7, 11) is 0. The number of hydrogen-bond donors (Lipinski definition) is 0. The number of halogens is 1. The zero-order valence-corrected chi connectivity index (χ0v) is 57.4. The largest absolute Gasteiger partial charge is 0.456 e. The van der Waals surface area contributed by atoms with E-state index in [1.165, 1.54) is 54.6 Å². The van der Waals surface area contributed by atoms with Crippen LogP contribution in [-0.2, 0) is 6.42 Å². The number of para-hydroxylation sites is 3. The fraction of sp³-hybridized carbons (Fsp3) is 0.0103. The van der Waals surface area contributed by atoms with Gasteiger partial charge < -0.3 is 8.83 Å². The van der Waals surface area contributed by atoms with Gasteiger partial charge in [-0.3, -0.25) is 4.57 Å². The topological polar surface area (TPSA) is 82.8 Å². The Kier molecular flexibility index (Phi) is 14.9. The van der Waals surface area contributed by atoms with Crippen molar-refractivity contribution < 1.29 is 8.83 Å². The second-order valence-electron chi connectivity index (χ2n) is 26.9. The van der Waals surface area contributed by atoms with Crippen LogP contribution in [0.25, 0.3) is 193 Å². The Balaban J connectivity index is 0.000000118. The molecule has 0 atom stereocenters. The van der Waals surface area contributed by atoms with Crippen molar-refractivity contribution in [3.05, 3.63) is 368 Å². The molecule has 7 nitrogen and oxygen atoms in total. The first-order valence-corrected chi connectivity index (χ1v) is 35.8. The van der Waals surface area contributed by atoms with Gasteiger partial charge in [0.25, 0.3) is 0 Å². The van der Waals surface area contributed by atoms with Crippen LogP contribution in [0.15, 0.2) is 361 Å². The first-order valence-electron chi connectivity index (χ1n) is 35.4. The van der Waals surface area contributed by atoms with E-state index in [0.717, 1.165) is 151 Å². The molecule has 5 heterocycles. The van der Waals surface area contributed by atoms with Crippen LogP contribution < -0.4 is 0 Å². The van der Waals surface area contributed by atoms with Gasteiger partial charge in [-0.15, -0.1) is 0 Å². The third kappa shape index (κ3) is 10.9. The molecule has 8 heteroatoms. The van der Waals surface area contributed by atoms with Gasteiger partial charge in [0.2, 0.25) is 0 Å². The molecule has 0 aliphatic heterocycles. The third-order valence-corrected chi connectivity index (χ3v) is 20.9. The van der Waals surface area contributed by atoms with Crippen LogP contribution in [0.2, 0.25) is 5.15 Å². The van der Waals surface area contributed by atoms with Crippen molar-refractivity contribution in [3.63, 3.8) is 0 Å². The van der Waals surface area contributed by atoms with E-state index in [9.17, 15) is 0 Å². The molecule has 0 N–H and O–H groups in total. The van der Waals surface area contributed by atoms with Gasteiger partial charge in [0.1, 0.15) is 33.7 Å². The van der Waals surface area contributed by atoms with Gasteiger partial charge in [-0.1, -0.05) is 279 Å². The Morgan fingerprint density at radius 2 is 0.657 bits per heavy atom. The van der Waals surface area contributed by atoms with E-state index in [2.05, 4.69) is 290 Å². The molecule has 21 aromatic rings. The molecule has 0 bridgehead atoms. The van der Waals surface area contributed by atoms with Crippen molar-refractivity contribution in [2.24, 2.45) is 0 Å². The van der Waals surface area contributed by atoms with Gasteiger partial charge in [-0.2, -0.15) is 0 Å². The number of nitrogens with zero attached hydrogens (tertiary/aromatic N) is 5. The lowest BCUT2D eigenvalue weighted by Gasteiger charge is -2.16. The van der Waals surface area contributed by atoms with Crippen LogP contribution in [0.3, 0.4) is 0 Å². The van der Waals surface area contributed by atoms with E-state index >= 15 is 0 Å². The van der Waals surface area contributed by atoms with E-state index in [4.69, 9.17) is 40.4 Å². The summed E-state index contributed by atoms with van der Waals surface area (Å²) >= 11 is 6.72. The highest BCUT2D eigenvalue weighted by Crippen LogP contribution is 2.44. The molecule has 16 aromatic carbocycles. The Morgan fingerprint density at radius 1 is 0.248 bits per heavy atom. The molecule has 1 aliphatic rings. The standard InChI is InChI=1S/C48H29N3O.C32H19ClN2O.C17H12/c1-3-13-30(14-4-1)38-28-41-42(29-39(38)31-15-5-2-6-16-31)50-48(47(49-41)34-23-24-37-36-20-10-12-22-45(36)52-46(37)27-34)51-43-21-11-9-19-35(43)40-25-32-17-7-8-18-33(32)26-44(40)51;33-32-31(22-15-16-24-23-13-7-8-14-29(23)36-30(24)17-22)34-27-18-25(20-9-3-1-4-10-20)26(19-28(27)35-32)21-11-5-2-6-12-21;1-2-6-13-11-17-15(9-12(13)5-1)10-14-7-3-4-8-16(14)17/h1-29H;1-19H;1-9,11H,10H2. The second-order valence-corrected chi connectivity index (χ2v) is 27.2. The maximum absolute atomic E-state index is 6.72. The smallest absolute Gasteiger partial charge is 0.165 e. The zero-order chi connectivity index (χ0) is 69.5. The normalized spacial score (nSPS) is 11.8. The lowest BCUT2D eigenvalue weighted by Crippen LogP contribution is -2.04. The maximum atomic E-state index is 6.72. The number of hydrogen-bond acceptors (Lipinski definition) is 6. The molecule has 5 aromatic heterocycles. The summed E-state index contributed by atoms with van der Waals surface area (Å²) in [6.07, 6.45) is 1.08. The predicted molar refractivity (Wildman–Crippen MR) is 435 cm³/mol. The number of rotatable bonds is 7. The van der Waals surface area contributed by atoms with Crippen molar-refractivity contribution >= 4 is 121 Å². The Hall–Kier alpha value is -13.6. The molecule has 105 heavy (non-hydrogen) atoms. The van der Waals surface area contributed by atoms with Crippen LogP contribution in [0.1, 0.15) is 11.1 Å². The second kappa shape index (κ2) is 25.5. The summed E-state index contributed by atoms with van der Waals surface area (Å²) in [5, 5.41) is 12.1. The molecule has 0 radical (unpaired) electrons. The summed E-state index contributed by atoms with van der Waals surface area (Å²) in [5.74, 6) is 0.774. The first-order chi connectivity index (χ1) is 51.9. The quantitative estimate of drug-likeness (QED) is 0.158. The average Bonchev–Trinajstić information content (AvgIpc) is 1.60. The molecule has 22 rings (SSSR count). The van der Waals surface area contributed by atoms with Gasteiger partial charge in [0.05, 0.1) is 33.1 Å².